The molecule has 0 unspecified atom stereocenters. The molecule has 25 heavy (non-hydrogen) atoms. The van der Waals surface area contributed by atoms with Gasteiger partial charge in [0, 0.05) is 0 Å². The van der Waals surface area contributed by atoms with Gasteiger partial charge in [-0.2, -0.15) is 5.10 Å². The van der Waals surface area contributed by atoms with E-state index in [-0.39, 0.29) is 23.8 Å². The molecule has 3 rings (SSSR count). The van der Waals surface area contributed by atoms with Crippen molar-refractivity contribution >= 4 is 35.5 Å². The second-order valence-electron chi connectivity index (χ2n) is 4.97. The van der Waals surface area contributed by atoms with Crippen molar-refractivity contribution in [1.82, 2.24) is 9.97 Å². The normalized spacial score (nSPS) is 10.4. The number of fused-ring (bicyclic) bond motifs is 1. The van der Waals surface area contributed by atoms with E-state index >= 15 is 0 Å². The van der Waals surface area contributed by atoms with Crippen molar-refractivity contribution in [1.29, 1.82) is 0 Å². The summed E-state index contributed by atoms with van der Waals surface area (Å²) in [6.45, 7) is 4.06. The maximum atomic E-state index is 11.9. The van der Waals surface area contributed by atoms with Gasteiger partial charge in [0.1, 0.15) is 12.4 Å². The topological polar surface area (TPSA) is 79.4 Å². The highest BCUT2D eigenvalue weighted by Gasteiger charge is 2.02. The minimum absolute atomic E-state index is 0. The maximum absolute atomic E-state index is 11.9. The number of hydrogen-bond donors (Lipinski definition) is 2. The van der Waals surface area contributed by atoms with E-state index in [1.165, 1.54) is 0 Å². The number of nitrogens with zero attached hydrogens (tertiary/aromatic N) is 2. The summed E-state index contributed by atoms with van der Waals surface area (Å²) >= 11 is 0. The molecule has 0 bridgehead atoms. The number of H-pyrrole nitrogens is 1. The van der Waals surface area contributed by atoms with E-state index in [1.54, 1.807) is 18.4 Å². The average Bonchev–Trinajstić information content (AvgIpc) is 2.61. The van der Waals surface area contributed by atoms with Crippen molar-refractivity contribution in [2.24, 2.45) is 5.10 Å². The quantitative estimate of drug-likeness (QED) is 0.403. The number of aromatic nitrogens is 2. The molecule has 0 aliphatic heterocycles. The average molecular weight is 357 g/mol. The third-order valence-electron chi connectivity index (χ3n) is 3.23. The molecule has 7 heteroatoms. The molecular weight excluding hydrogens is 340 g/mol. The van der Waals surface area contributed by atoms with Crippen LogP contribution in [-0.2, 0) is 0 Å². The van der Waals surface area contributed by atoms with E-state index in [2.05, 4.69) is 27.1 Å². The molecule has 0 amide bonds. The van der Waals surface area contributed by atoms with E-state index in [0.29, 0.717) is 17.6 Å². The van der Waals surface area contributed by atoms with Gasteiger partial charge < -0.3 is 9.72 Å². The van der Waals surface area contributed by atoms with Crippen molar-refractivity contribution in [2.75, 3.05) is 12.0 Å². The van der Waals surface area contributed by atoms with Crippen molar-refractivity contribution in [3.63, 3.8) is 0 Å². The van der Waals surface area contributed by atoms with Crippen LogP contribution in [0.3, 0.4) is 0 Å². The van der Waals surface area contributed by atoms with Crippen LogP contribution in [0.2, 0.25) is 0 Å². The van der Waals surface area contributed by atoms with Gasteiger partial charge in [-0.05, 0) is 42.0 Å². The fraction of sp³-hybridized carbons (Fsp3) is 0.0556. The first-order chi connectivity index (χ1) is 11.8. The Kier molecular flexibility index (Phi) is 6.31. The number of benzene rings is 2. The predicted octanol–water partition coefficient (Wildman–Crippen LogP) is 3.36. The number of ether oxygens (including phenoxy) is 1. The number of anilines is 1. The third-order valence-corrected chi connectivity index (χ3v) is 3.23. The summed E-state index contributed by atoms with van der Waals surface area (Å²) in [7, 11) is 0. The molecule has 1 heterocycles. The molecule has 0 aliphatic rings. The second kappa shape index (κ2) is 8.65. The van der Waals surface area contributed by atoms with Gasteiger partial charge in [0.25, 0.3) is 5.56 Å². The molecule has 1 aromatic heterocycles. The molecule has 0 spiro atoms. The maximum Gasteiger partial charge on any atom is 0.293 e. The Balaban J connectivity index is 0.00000225. The van der Waals surface area contributed by atoms with E-state index in [9.17, 15) is 4.79 Å². The highest BCUT2D eigenvalue weighted by molar-refractivity contribution is 5.85. The van der Waals surface area contributed by atoms with Gasteiger partial charge in [0.2, 0.25) is 5.82 Å². The molecule has 0 saturated heterocycles. The molecule has 128 valence electrons. The zero-order chi connectivity index (χ0) is 16.8. The first-order valence-corrected chi connectivity index (χ1v) is 7.38. The standard InChI is InChI=1S/C18H16N4O2.ClH/c1-2-11-24-14-9-7-13(8-10-14)12-19-22-17-18(23)21-16-6-4-3-5-15(16)20-17;/h2-10,12H,1,11H2,(H,20,22)(H,21,23);1H. The highest BCUT2D eigenvalue weighted by atomic mass is 35.5. The number of rotatable bonds is 6. The van der Waals surface area contributed by atoms with Crippen LogP contribution < -0.4 is 15.7 Å². The summed E-state index contributed by atoms with van der Waals surface area (Å²) in [4.78, 5) is 19.0. The Bertz CT molecular complexity index is 936. The van der Waals surface area contributed by atoms with E-state index < -0.39 is 0 Å². The number of aromatic amines is 1. The number of para-hydroxylation sites is 2. The Hall–Kier alpha value is -3.12. The fourth-order valence-electron chi connectivity index (χ4n) is 2.08. The van der Waals surface area contributed by atoms with Crippen LogP contribution in [0.5, 0.6) is 5.75 Å². The zero-order valence-corrected chi connectivity index (χ0v) is 14.1. The lowest BCUT2D eigenvalue weighted by Crippen LogP contribution is -2.13. The van der Waals surface area contributed by atoms with E-state index in [1.807, 2.05) is 42.5 Å². The summed E-state index contributed by atoms with van der Waals surface area (Å²) < 4.78 is 5.41. The van der Waals surface area contributed by atoms with Gasteiger partial charge in [-0.15, -0.1) is 12.4 Å². The van der Waals surface area contributed by atoms with Crippen molar-refractivity contribution in [3.05, 3.63) is 77.1 Å². The van der Waals surface area contributed by atoms with Crippen LogP contribution in [-0.4, -0.2) is 22.8 Å². The molecule has 0 aliphatic carbocycles. The second-order valence-corrected chi connectivity index (χ2v) is 4.97. The summed E-state index contributed by atoms with van der Waals surface area (Å²) in [6, 6.07) is 14.7. The van der Waals surface area contributed by atoms with Crippen LogP contribution in [0.15, 0.2) is 71.1 Å². The molecular formula is C18H17ClN4O2. The van der Waals surface area contributed by atoms with Gasteiger partial charge >= 0.3 is 0 Å². The van der Waals surface area contributed by atoms with Crippen molar-refractivity contribution in [3.8, 4) is 5.75 Å². The zero-order valence-electron chi connectivity index (χ0n) is 13.3. The minimum Gasteiger partial charge on any atom is -0.490 e. The summed E-state index contributed by atoms with van der Waals surface area (Å²) in [6.07, 6.45) is 3.29. The van der Waals surface area contributed by atoms with Crippen LogP contribution in [0.4, 0.5) is 5.82 Å². The van der Waals surface area contributed by atoms with Crippen molar-refractivity contribution < 1.29 is 4.74 Å². The summed E-state index contributed by atoms with van der Waals surface area (Å²) in [5.74, 6) is 0.906. The van der Waals surface area contributed by atoms with E-state index in [4.69, 9.17) is 4.74 Å². The molecule has 3 aromatic rings. The first-order valence-electron chi connectivity index (χ1n) is 7.38. The molecule has 2 aromatic carbocycles. The molecule has 6 nitrogen and oxygen atoms in total. The largest absolute Gasteiger partial charge is 0.490 e. The van der Waals surface area contributed by atoms with E-state index in [0.717, 1.165) is 11.3 Å². The number of halogens is 1. The Morgan fingerprint density at radius 3 is 2.72 bits per heavy atom. The molecule has 0 fully saturated rings. The van der Waals surface area contributed by atoms with Gasteiger partial charge in [0.05, 0.1) is 17.2 Å². The van der Waals surface area contributed by atoms with Gasteiger partial charge in [-0.3, -0.25) is 10.2 Å². The lowest BCUT2D eigenvalue weighted by atomic mass is 10.2. The van der Waals surface area contributed by atoms with Crippen molar-refractivity contribution in [2.45, 2.75) is 0 Å². The van der Waals surface area contributed by atoms with Crippen LogP contribution in [0.25, 0.3) is 11.0 Å². The van der Waals surface area contributed by atoms with Crippen LogP contribution >= 0.6 is 12.4 Å². The highest BCUT2D eigenvalue weighted by Crippen LogP contribution is 2.11. The molecule has 0 saturated carbocycles. The summed E-state index contributed by atoms with van der Waals surface area (Å²) in [5, 5.41) is 4.06. The number of hydrazone groups is 1. The number of hydrogen-bond acceptors (Lipinski definition) is 5. The molecule has 0 atom stereocenters. The van der Waals surface area contributed by atoms with Gasteiger partial charge in [-0.25, -0.2) is 4.98 Å². The van der Waals surface area contributed by atoms with Gasteiger partial charge in [0.15, 0.2) is 0 Å². The smallest absolute Gasteiger partial charge is 0.293 e. The minimum atomic E-state index is -0.320. The fourth-order valence-corrected chi connectivity index (χ4v) is 2.08. The first kappa shape index (κ1) is 18.2. The van der Waals surface area contributed by atoms with Crippen LogP contribution in [0, 0.1) is 0 Å². The predicted molar refractivity (Wildman–Crippen MR) is 103 cm³/mol. The molecule has 2 N–H and O–H groups in total. The van der Waals surface area contributed by atoms with Gasteiger partial charge in [-0.1, -0.05) is 24.8 Å². The monoisotopic (exact) mass is 356 g/mol. The summed E-state index contributed by atoms with van der Waals surface area (Å²) in [5.41, 5.74) is 4.60. The number of nitrogens with one attached hydrogen (secondary N) is 2. The lowest BCUT2D eigenvalue weighted by molar-refractivity contribution is 0.363. The Labute approximate surface area is 150 Å². The Morgan fingerprint density at radius 1 is 1.20 bits per heavy atom. The molecule has 0 radical (unpaired) electrons. The SMILES string of the molecule is C=CCOc1ccc(C=NNc2nc3ccccc3[nH]c2=O)cc1.Cl. The lowest BCUT2D eigenvalue weighted by Gasteiger charge is -2.03. The third kappa shape index (κ3) is 4.68. The Morgan fingerprint density at radius 2 is 1.96 bits per heavy atom. The van der Waals surface area contributed by atoms with Crippen LogP contribution in [0.1, 0.15) is 5.56 Å².